The van der Waals surface area contributed by atoms with Crippen molar-refractivity contribution in [1.29, 1.82) is 0 Å². The summed E-state index contributed by atoms with van der Waals surface area (Å²) >= 11 is 0. The fraction of sp³-hybridized carbons (Fsp3) is 0.500. The molecule has 0 saturated carbocycles. The topological polar surface area (TPSA) is 89.5 Å². The Hall–Kier alpha value is -1.66. The largest absolute Gasteiger partial charge is 0.338 e. The van der Waals surface area contributed by atoms with Crippen molar-refractivity contribution in [2.45, 2.75) is 20.3 Å². The lowest BCUT2D eigenvalue weighted by Crippen LogP contribution is -2.34. The van der Waals surface area contributed by atoms with Gasteiger partial charge in [0.15, 0.2) is 0 Å². The second-order valence-electron chi connectivity index (χ2n) is 5.77. The molecule has 1 aliphatic rings. The number of likely N-dealkylation sites (tertiary alicyclic amines) is 1. The second-order valence-corrected chi connectivity index (χ2v) is 5.77. The molecular weight excluding hydrogens is 294 g/mol. The van der Waals surface area contributed by atoms with Crippen LogP contribution in [0.2, 0.25) is 0 Å². The van der Waals surface area contributed by atoms with Crippen LogP contribution in [0.1, 0.15) is 29.3 Å². The molecule has 116 valence electrons. The van der Waals surface area contributed by atoms with Gasteiger partial charge in [-0.3, -0.25) is 14.9 Å². The van der Waals surface area contributed by atoms with Gasteiger partial charge < -0.3 is 10.6 Å². The average molecular weight is 314 g/mol. The highest BCUT2D eigenvalue weighted by atomic mass is 35.5. The zero-order chi connectivity index (χ0) is 14.9. The van der Waals surface area contributed by atoms with Crippen molar-refractivity contribution in [3.63, 3.8) is 0 Å². The maximum atomic E-state index is 12.5. The van der Waals surface area contributed by atoms with E-state index in [4.69, 9.17) is 5.73 Å². The van der Waals surface area contributed by atoms with Crippen LogP contribution < -0.4 is 5.73 Å². The van der Waals surface area contributed by atoms with Crippen LogP contribution >= 0.6 is 12.4 Å². The van der Waals surface area contributed by atoms with E-state index >= 15 is 0 Å². The van der Waals surface area contributed by atoms with Gasteiger partial charge in [-0.1, -0.05) is 13.0 Å². The van der Waals surface area contributed by atoms with Gasteiger partial charge in [0.25, 0.3) is 11.6 Å². The molecule has 0 aliphatic carbocycles. The smallest absolute Gasteiger partial charge is 0.282 e. The molecule has 1 heterocycles. The fourth-order valence-electron chi connectivity index (χ4n) is 2.51. The summed E-state index contributed by atoms with van der Waals surface area (Å²) in [7, 11) is 0. The molecule has 0 spiro atoms. The van der Waals surface area contributed by atoms with Crippen molar-refractivity contribution in [2.24, 2.45) is 11.1 Å². The number of carbonyl (C=O) groups excluding carboxylic acids is 1. The summed E-state index contributed by atoms with van der Waals surface area (Å²) in [5.41, 5.74) is 6.50. The molecule has 2 rings (SSSR count). The third kappa shape index (κ3) is 3.51. The molecule has 2 N–H and O–H groups in total. The highest BCUT2D eigenvalue weighted by Crippen LogP contribution is 2.31. The predicted molar refractivity (Wildman–Crippen MR) is 82.8 cm³/mol. The molecule has 1 saturated heterocycles. The number of rotatable bonds is 3. The summed E-state index contributed by atoms with van der Waals surface area (Å²) < 4.78 is 0. The Morgan fingerprint density at radius 1 is 1.52 bits per heavy atom. The minimum Gasteiger partial charge on any atom is -0.338 e. The van der Waals surface area contributed by atoms with Gasteiger partial charge in [-0.15, -0.1) is 12.4 Å². The number of hydrogen-bond donors (Lipinski definition) is 1. The highest BCUT2D eigenvalue weighted by Gasteiger charge is 2.36. The average Bonchev–Trinajstić information content (AvgIpc) is 2.81. The molecule has 6 nitrogen and oxygen atoms in total. The first kappa shape index (κ1) is 17.4. The van der Waals surface area contributed by atoms with E-state index in [2.05, 4.69) is 0 Å². The number of nitrogens with two attached hydrogens (primary N) is 1. The van der Waals surface area contributed by atoms with Gasteiger partial charge in [-0.05, 0) is 36.9 Å². The number of aryl methyl sites for hydroxylation is 1. The molecule has 1 unspecified atom stereocenters. The molecular formula is C14H20ClN3O3. The SMILES string of the molecule is Cc1ccc([N+](=O)[O-])c(C(=O)N2CCC(C)(CN)C2)c1.Cl. The van der Waals surface area contributed by atoms with Crippen molar-refractivity contribution in [2.75, 3.05) is 19.6 Å². The van der Waals surface area contributed by atoms with Crippen molar-refractivity contribution < 1.29 is 9.72 Å². The summed E-state index contributed by atoms with van der Waals surface area (Å²) in [5, 5.41) is 11.1. The Bertz CT molecular complexity index is 564. The van der Waals surface area contributed by atoms with E-state index in [0.717, 1.165) is 12.0 Å². The summed E-state index contributed by atoms with van der Waals surface area (Å²) in [5.74, 6) is -0.280. The molecule has 1 aromatic rings. The lowest BCUT2D eigenvalue weighted by molar-refractivity contribution is -0.385. The third-order valence-electron chi connectivity index (χ3n) is 3.92. The van der Waals surface area contributed by atoms with Crippen LogP contribution in [0, 0.1) is 22.5 Å². The molecule has 0 radical (unpaired) electrons. The summed E-state index contributed by atoms with van der Waals surface area (Å²) in [6.45, 7) is 5.50. The van der Waals surface area contributed by atoms with Crippen LogP contribution in [-0.2, 0) is 0 Å². The molecule has 1 amide bonds. The van der Waals surface area contributed by atoms with E-state index in [9.17, 15) is 14.9 Å². The Balaban J connectivity index is 0.00000220. The summed E-state index contributed by atoms with van der Waals surface area (Å²) in [6.07, 6.45) is 0.828. The van der Waals surface area contributed by atoms with E-state index in [0.29, 0.717) is 19.6 Å². The second kappa shape index (κ2) is 6.41. The number of hydrogen-bond acceptors (Lipinski definition) is 4. The molecule has 7 heteroatoms. The first-order valence-corrected chi connectivity index (χ1v) is 6.61. The van der Waals surface area contributed by atoms with Gasteiger partial charge in [0, 0.05) is 19.2 Å². The first-order valence-electron chi connectivity index (χ1n) is 6.61. The zero-order valence-electron chi connectivity index (χ0n) is 12.2. The maximum Gasteiger partial charge on any atom is 0.282 e. The number of benzene rings is 1. The van der Waals surface area contributed by atoms with Crippen molar-refractivity contribution >= 4 is 24.0 Å². The van der Waals surface area contributed by atoms with E-state index in [1.54, 1.807) is 17.0 Å². The number of nitro groups is 1. The quantitative estimate of drug-likeness (QED) is 0.684. The Morgan fingerprint density at radius 3 is 2.71 bits per heavy atom. The lowest BCUT2D eigenvalue weighted by Gasteiger charge is -2.22. The Kier molecular flexibility index (Phi) is 5.31. The predicted octanol–water partition coefficient (Wildman–Crippen LogP) is 2.14. The van der Waals surface area contributed by atoms with E-state index in [-0.39, 0.29) is 35.0 Å². The van der Waals surface area contributed by atoms with Crippen molar-refractivity contribution in [1.82, 2.24) is 4.90 Å². The monoisotopic (exact) mass is 313 g/mol. The molecule has 1 fully saturated rings. The van der Waals surface area contributed by atoms with Gasteiger partial charge in [-0.25, -0.2) is 0 Å². The number of amides is 1. The van der Waals surface area contributed by atoms with E-state index < -0.39 is 4.92 Å². The minimum atomic E-state index is -0.509. The number of halogens is 1. The van der Waals surface area contributed by atoms with Crippen LogP contribution in [0.4, 0.5) is 5.69 Å². The number of nitro benzene ring substituents is 1. The molecule has 0 bridgehead atoms. The third-order valence-corrected chi connectivity index (χ3v) is 3.92. The standard InChI is InChI=1S/C14H19N3O3.ClH/c1-10-3-4-12(17(19)20)11(7-10)13(18)16-6-5-14(2,8-15)9-16;/h3-4,7H,5-6,8-9,15H2,1-2H3;1H. The minimum absolute atomic E-state index is 0. The Morgan fingerprint density at radius 2 is 2.19 bits per heavy atom. The van der Waals surface area contributed by atoms with Crippen LogP contribution in [0.15, 0.2) is 18.2 Å². The van der Waals surface area contributed by atoms with Crippen molar-refractivity contribution in [3.8, 4) is 0 Å². The highest BCUT2D eigenvalue weighted by molar-refractivity contribution is 5.98. The van der Waals surface area contributed by atoms with Crippen LogP contribution in [0.25, 0.3) is 0 Å². The Labute approximate surface area is 129 Å². The summed E-state index contributed by atoms with van der Waals surface area (Å²) in [6, 6.07) is 4.61. The molecule has 1 atom stereocenters. The first-order chi connectivity index (χ1) is 9.36. The molecule has 1 aliphatic heterocycles. The van der Waals surface area contributed by atoms with Crippen LogP contribution in [0.5, 0.6) is 0 Å². The van der Waals surface area contributed by atoms with E-state index in [1.165, 1.54) is 6.07 Å². The lowest BCUT2D eigenvalue weighted by atomic mass is 9.90. The van der Waals surface area contributed by atoms with Crippen molar-refractivity contribution in [3.05, 3.63) is 39.4 Å². The normalized spacial score (nSPS) is 21.0. The number of carbonyl (C=O) groups is 1. The van der Waals surface area contributed by atoms with Gasteiger partial charge in [0.2, 0.25) is 0 Å². The number of nitrogens with zero attached hydrogens (tertiary/aromatic N) is 2. The summed E-state index contributed by atoms with van der Waals surface area (Å²) in [4.78, 5) is 24.7. The van der Waals surface area contributed by atoms with Gasteiger partial charge >= 0.3 is 0 Å². The van der Waals surface area contributed by atoms with Crippen LogP contribution in [0.3, 0.4) is 0 Å². The van der Waals surface area contributed by atoms with Gasteiger partial charge in [0.05, 0.1) is 4.92 Å². The fourth-order valence-corrected chi connectivity index (χ4v) is 2.51. The van der Waals surface area contributed by atoms with Gasteiger partial charge in [0.1, 0.15) is 5.56 Å². The molecule has 1 aromatic carbocycles. The molecule has 0 aromatic heterocycles. The van der Waals surface area contributed by atoms with Gasteiger partial charge in [-0.2, -0.15) is 0 Å². The zero-order valence-corrected chi connectivity index (χ0v) is 13.0. The maximum absolute atomic E-state index is 12.5. The molecule has 21 heavy (non-hydrogen) atoms. The van der Waals surface area contributed by atoms with E-state index in [1.807, 2.05) is 13.8 Å². The van der Waals surface area contributed by atoms with Crippen LogP contribution in [-0.4, -0.2) is 35.4 Å².